The van der Waals surface area contributed by atoms with Crippen molar-refractivity contribution in [3.63, 3.8) is 0 Å². The average Bonchev–Trinajstić information content (AvgIpc) is 2.70. The van der Waals surface area contributed by atoms with Gasteiger partial charge in [0.2, 0.25) is 11.2 Å². The Balaban J connectivity index is 1.90. The van der Waals surface area contributed by atoms with E-state index in [-0.39, 0.29) is 28.8 Å². The van der Waals surface area contributed by atoms with Crippen LogP contribution in [-0.4, -0.2) is 33.7 Å². The number of benzene rings is 2. The summed E-state index contributed by atoms with van der Waals surface area (Å²) in [6, 6.07) is 6.86. The molecular weight excluding hydrogens is 381 g/mol. The van der Waals surface area contributed by atoms with Crippen molar-refractivity contribution in [3.05, 3.63) is 57.7 Å². The molecule has 0 bridgehead atoms. The van der Waals surface area contributed by atoms with E-state index in [4.69, 9.17) is 18.6 Å². The molecule has 29 heavy (non-hydrogen) atoms. The van der Waals surface area contributed by atoms with E-state index < -0.39 is 17.0 Å². The van der Waals surface area contributed by atoms with Gasteiger partial charge in [0, 0.05) is 23.9 Å². The first-order chi connectivity index (χ1) is 13.9. The van der Waals surface area contributed by atoms with Gasteiger partial charge >= 0.3 is 0 Å². The fraction of sp³-hybridized carbons (Fsp3) is 0.238. The van der Waals surface area contributed by atoms with Crippen molar-refractivity contribution in [2.75, 3.05) is 33.2 Å². The fourth-order valence-electron chi connectivity index (χ4n) is 3.06. The number of nitrogens with one attached hydrogen (secondary N) is 1. The minimum atomic E-state index is -0.525. The van der Waals surface area contributed by atoms with Crippen LogP contribution < -0.4 is 25.0 Å². The molecule has 3 rings (SSSR count). The summed E-state index contributed by atoms with van der Waals surface area (Å²) in [4.78, 5) is 25.4. The molecule has 8 heteroatoms. The van der Waals surface area contributed by atoms with Crippen LogP contribution in [-0.2, 0) is 0 Å². The number of aryl methyl sites for hydroxylation is 1. The van der Waals surface area contributed by atoms with Crippen LogP contribution in [0.5, 0.6) is 17.2 Å². The summed E-state index contributed by atoms with van der Waals surface area (Å²) in [5.41, 5.74) is 0.0591. The van der Waals surface area contributed by atoms with Gasteiger partial charge in [-0.3, -0.25) is 9.59 Å². The van der Waals surface area contributed by atoms with Crippen molar-refractivity contribution < 1.29 is 27.8 Å². The molecule has 0 fully saturated rings. The Morgan fingerprint density at radius 3 is 2.31 bits per heavy atom. The van der Waals surface area contributed by atoms with Crippen molar-refractivity contribution in [1.82, 2.24) is 0 Å². The maximum Gasteiger partial charge on any atom is 0.203 e. The summed E-state index contributed by atoms with van der Waals surface area (Å²) in [5.74, 6) is 0.407. The Morgan fingerprint density at radius 2 is 1.72 bits per heavy atom. The molecule has 1 aromatic heterocycles. The second-order valence-electron chi connectivity index (χ2n) is 6.19. The lowest BCUT2D eigenvalue weighted by Gasteiger charge is -2.15. The first kappa shape index (κ1) is 20.2. The van der Waals surface area contributed by atoms with Crippen molar-refractivity contribution >= 4 is 22.4 Å². The monoisotopic (exact) mass is 401 g/mol. The van der Waals surface area contributed by atoms with E-state index in [1.54, 1.807) is 12.1 Å². The number of anilines is 1. The van der Waals surface area contributed by atoms with Crippen molar-refractivity contribution in [3.8, 4) is 17.2 Å². The molecular formula is C21H20FNO6. The van der Waals surface area contributed by atoms with E-state index in [2.05, 4.69) is 5.32 Å². The van der Waals surface area contributed by atoms with Crippen molar-refractivity contribution in [2.24, 2.45) is 0 Å². The standard InChI is InChI=1S/C21H20FNO6/c1-11-19(20(25)14-6-5-12(22)7-16(14)29-11)15(24)10-23-13-8-17(26-2)21(28-4)18(9-13)27-3/h5-9,23H,10H2,1-4H3. The highest BCUT2D eigenvalue weighted by Gasteiger charge is 2.19. The number of Topliss-reactive ketones (excluding diaryl/α,β-unsaturated/α-hetero) is 1. The van der Waals surface area contributed by atoms with E-state index in [0.29, 0.717) is 22.9 Å². The van der Waals surface area contributed by atoms with Gasteiger partial charge in [0.15, 0.2) is 17.3 Å². The molecule has 152 valence electrons. The molecule has 7 nitrogen and oxygen atoms in total. The Morgan fingerprint density at radius 1 is 1.07 bits per heavy atom. The van der Waals surface area contributed by atoms with Gasteiger partial charge in [-0.25, -0.2) is 4.39 Å². The van der Waals surface area contributed by atoms with E-state index in [1.807, 2.05) is 0 Å². The van der Waals surface area contributed by atoms with Crippen LogP contribution in [0.25, 0.3) is 11.0 Å². The number of methoxy groups -OCH3 is 3. The predicted molar refractivity (Wildman–Crippen MR) is 106 cm³/mol. The summed E-state index contributed by atoms with van der Waals surface area (Å²) in [7, 11) is 4.46. The Hall–Kier alpha value is -3.55. The smallest absolute Gasteiger partial charge is 0.203 e. The zero-order valence-corrected chi connectivity index (χ0v) is 16.4. The Kier molecular flexibility index (Phi) is 5.72. The second-order valence-corrected chi connectivity index (χ2v) is 6.19. The molecule has 0 aliphatic rings. The molecule has 0 saturated carbocycles. The molecule has 0 amide bonds. The number of rotatable bonds is 7. The SMILES string of the molecule is COc1cc(NCC(=O)c2c(C)oc3cc(F)ccc3c2=O)cc(OC)c1OC. The molecule has 0 saturated heterocycles. The largest absolute Gasteiger partial charge is 0.493 e. The van der Waals surface area contributed by atoms with Crippen LogP contribution >= 0.6 is 0 Å². The minimum absolute atomic E-state index is 0.0796. The van der Waals surface area contributed by atoms with Crippen molar-refractivity contribution in [2.45, 2.75) is 6.92 Å². The predicted octanol–water partition coefficient (Wildman–Crippen LogP) is 3.56. The van der Waals surface area contributed by atoms with Gasteiger partial charge in [0.1, 0.15) is 22.7 Å². The van der Waals surface area contributed by atoms with E-state index in [0.717, 1.165) is 12.1 Å². The number of halogens is 1. The summed E-state index contributed by atoms with van der Waals surface area (Å²) in [6.07, 6.45) is 0. The number of carbonyl (C=O) groups excluding carboxylic acids is 1. The Labute approximate surface area is 166 Å². The highest BCUT2D eigenvalue weighted by molar-refractivity contribution is 6.01. The first-order valence-corrected chi connectivity index (χ1v) is 8.69. The highest BCUT2D eigenvalue weighted by atomic mass is 19.1. The normalized spacial score (nSPS) is 10.7. The quantitative estimate of drug-likeness (QED) is 0.606. The third kappa shape index (κ3) is 3.87. The van der Waals surface area contributed by atoms with Gasteiger partial charge < -0.3 is 23.9 Å². The van der Waals surface area contributed by atoms with Gasteiger partial charge in [-0.05, 0) is 19.1 Å². The van der Waals surface area contributed by atoms with Crippen LogP contribution in [0.1, 0.15) is 16.1 Å². The zero-order chi connectivity index (χ0) is 21.1. The molecule has 0 aliphatic carbocycles. The lowest BCUT2D eigenvalue weighted by Crippen LogP contribution is -2.23. The van der Waals surface area contributed by atoms with Gasteiger partial charge in [-0.2, -0.15) is 0 Å². The van der Waals surface area contributed by atoms with E-state index in [9.17, 15) is 14.0 Å². The highest BCUT2D eigenvalue weighted by Crippen LogP contribution is 2.39. The van der Waals surface area contributed by atoms with Crippen LogP contribution in [0.3, 0.4) is 0 Å². The topological polar surface area (TPSA) is 87.0 Å². The van der Waals surface area contributed by atoms with E-state index in [1.165, 1.54) is 34.3 Å². The molecule has 3 aromatic rings. The molecule has 1 heterocycles. The lowest BCUT2D eigenvalue weighted by atomic mass is 10.1. The van der Waals surface area contributed by atoms with Gasteiger partial charge in [0.05, 0.1) is 33.3 Å². The molecule has 1 N–H and O–H groups in total. The van der Waals surface area contributed by atoms with Crippen LogP contribution in [0.15, 0.2) is 39.5 Å². The van der Waals surface area contributed by atoms with Crippen molar-refractivity contribution in [1.29, 1.82) is 0 Å². The number of hydrogen-bond acceptors (Lipinski definition) is 7. The molecule has 0 radical (unpaired) electrons. The zero-order valence-electron chi connectivity index (χ0n) is 16.4. The number of fused-ring (bicyclic) bond motifs is 1. The number of ether oxygens (including phenoxy) is 3. The number of carbonyl (C=O) groups is 1. The maximum atomic E-state index is 13.4. The van der Waals surface area contributed by atoms with Gasteiger partial charge in [-0.15, -0.1) is 0 Å². The molecule has 2 aromatic carbocycles. The maximum absolute atomic E-state index is 13.4. The summed E-state index contributed by atoms with van der Waals surface area (Å²) < 4.78 is 34.7. The number of hydrogen-bond donors (Lipinski definition) is 1. The third-order valence-electron chi connectivity index (χ3n) is 4.43. The molecule has 0 spiro atoms. The summed E-state index contributed by atoms with van der Waals surface area (Å²) in [5, 5.41) is 3.10. The lowest BCUT2D eigenvalue weighted by molar-refractivity contribution is 0.100. The summed E-state index contributed by atoms with van der Waals surface area (Å²) >= 11 is 0. The molecule has 0 unspecified atom stereocenters. The van der Waals surface area contributed by atoms with Crippen LogP contribution in [0.4, 0.5) is 10.1 Å². The van der Waals surface area contributed by atoms with Gasteiger partial charge in [-0.1, -0.05) is 0 Å². The minimum Gasteiger partial charge on any atom is -0.493 e. The first-order valence-electron chi connectivity index (χ1n) is 8.69. The second kappa shape index (κ2) is 8.22. The average molecular weight is 401 g/mol. The van der Waals surface area contributed by atoms with Crippen LogP contribution in [0, 0.1) is 12.7 Å². The van der Waals surface area contributed by atoms with Gasteiger partial charge in [0.25, 0.3) is 0 Å². The molecule has 0 atom stereocenters. The fourth-order valence-corrected chi connectivity index (χ4v) is 3.06. The number of ketones is 1. The van der Waals surface area contributed by atoms with Crippen LogP contribution in [0.2, 0.25) is 0 Å². The Bertz CT molecular complexity index is 1110. The molecule has 0 aliphatic heterocycles. The summed E-state index contributed by atoms with van der Waals surface area (Å²) in [6.45, 7) is 1.33. The van der Waals surface area contributed by atoms with E-state index >= 15 is 0 Å². The third-order valence-corrected chi connectivity index (χ3v) is 4.43.